The van der Waals surface area contributed by atoms with E-state index in [-0.39, 0.29) is 6.54 Å². The second-order valence-corrected chi connectivity index (χ2v) is 7.26. The molecule has 3 rings (SSSR count). The van der Waals surface area contributed by atoms with Gasteiger partial charge in [-0.15, -0.1) is 0 Å². The Labute approximate surface area is 169 Å². The van der Waals surface area contributed by atoms with E-state index in [2.05, 4.69) is 4.98 Å². The number of nitrogens with one attached hydrogen (secondary N) is 1. The van der Waals surface area contributed by atoms with Gasteiger partial charge in [0.2, 0.25) is 6.20 Å². The molecule has 0 spiro atoms. The molecule has 0 aliphatic heterocycles. The molecule has 0 unspecified atom stereocenters. The summed E-state index contributed by atoms with van der Waals surface area (Å²) in [4.78, 5) is 37.0. The van der Waals surface area contributed by atoms with Gasteiger partial charge in [-0.25, -0.2) is 4.79 Å². The lowest BCUT2D eigenvalue weighted by molar-refractivity contribution is -0.402. The van der Waals surface area contributed by atoms with Crippen LogP contribution in [0.5, 0.6) is 0 Å². The van der Waals surface area contributed by atoms with Crippen molar-refractivity contribution in [1.82, 2.24) is 9.55 Å². The minimum atomic E-state index is -0.596. The molecule has 0 aliphatic carbocycles. The van der Waals surface area contributed by atoms with Gasteiger partial charge < -0.3 is 0 Å². The molecule has 0 amide bonds. The third-order valence-electron chi connectivity index (χ3n) is 3.49. The number of benzene rings is 1. The molecule has 0 atom stereocenters. The molecule has 0 aliphatic rings. The van der Waals surface area contributed by atoms with Crippen LogP contribution >= 0.6 is 23.1 Å². The summed E-state index contributed by atoms with van der Waals surface area (Å²) in [6.45, 7) is 1.83. The Morgan fingerprint density at radius 2 is 1.86 bits per heavy atom. The van der Waals surface area contributed by atoms with Crippen LogP contribution in [0.4, 0.5) is 0 Å². The predicted octanol–water partition coefficient (Wildman–Crippen LogP) is 3.79. The van der Waals surface area contributed by atoms with Gasteiger partial charge in [0.25, 0.3) is 5.56 Å². The molecule has 0 fully saturated rings. The number of allylic oxidation sites excluding steroid dienone is 1. The monoisotopic (exact) mass is 417 g/mol. The first-order valence-corrected chi connectivity index (χ1v) is 10.1. The SMILES string of the molecule is CCc1c(Sc2ccccc2)n(CC=C[N+](=O)[O-])c(=O)[nH]c1=O.c1ccsc1. The lowest BCUT2D eigenvalue weighted by atomic mass is 10.2. The second-order valence-electron chi connectivity index (χ2n) is 5.39. The molecule has 1 N–H and O–H groups in total. The first kappa shape index (κ1) is 21.4. The summed E-state index contributed by atoms with van der Waals surface area (Å²) in [5.74, 6) is 0. The molecule has 0 radical (unpaired) electrons. The number of thiophene rings is 1. The number of hydrogen-bond donors (Lipinski definition) is 1. The Kier molecular flexibility index (Phi) is 8.44. The van der Waals surface area contributed by atoms with E-state index >= 15 is 0 Å². The standard InChI is InChI=1S/C15H15N3O4S.C4H4S/c1-2-12-13(19)16-15(20)17(9-6-10-18(21)22)14(12)23-11-7-4-3-5-8-11;1-2-4-5-3-1/h3-8,10H,2,9H2,1H3,(H,16,19,20);1-4H. The lowest BCUT2D eigenvalue weighted by Gasteiger charge is -2.13. The van der Waals surface area contributed by atoms with Gasteiger partial charge in [0.05, 0.1) is 16.5 Å². The van der Waals surface area contributed by atoms with Crippen LogP contribution in [0.2, 0.25) is 0 Å². The smallest absolute Gasteiger partial charge is 0.283 e. The molecular weight excluding hydrogens is 398 g/mol. The van der Waals surface area contributed by atoms with Gasteiger partial charge in [-0.2, -0.15) is 11.3 Å². The summed E-state index contributed by atoms with van der Waals surface area (Å²) in [6, 6.07) is 13.4. The summed E-state index contributed by atoms with van der Waals surface area (Å²) in [7, 11) is 0. The van der Waals surface area contributed by atoms with E-state index in [9.17, 15) is 19.7 Å². The number of rotatable bonds is 6. The molecule has 0 bridgehead atoms. The quantitative estimate of drug-likeness (QED) is 0.374. The van der Waals surface area contributed by atoms with Crippen molar-refractivity contribution in [3.8, 4) is 0 Å². The Balaban J connectivity index is 0.000000485. The van der Waals surface area contributed by atoms with Gasteiger partial charge >= 0.3 is 5.69 Å². The molecular formula is C19H19N3O4S2. The van der Waals surface area contributed by atoms with Crippen LogP contribution in [0.1, 0.15) is 12.5 Å². The largest absolute Gasteiger partial charge is 0.329 e. The Hall–Kier alpha value is -2.91. The number of nitro groups is 1. The maximum atomic E-state index is 12.1. The van der Waals surface area contributed by atoms with E-state index in [0.29, 0.717) is 17.0 Å². The summed E-state index contributed by atoms with van der Waals surface area (Å²) in [5.41, 5.74) is -0.531. The van der Waals surface area contributed by atoms with Gasteiger partial charge in [0.1, 0.15) is 0 Å². The maximum absolute atomic E-state index is 12.1. The highest BCUT2D eigenvalue weighted by molar-refractivity contribution is 7.99. The zero-order valence-corrected chi connectivity index (χ0v) is 16.7. The molecule has 28 heavy (non-hydrogen) atoms. The first-order valence-electron chi connectivity index (χ1n) is 8.39. The second kappa shape index (κ2) is 11.1. The van der Waals surface area contributed by atoms with E-state index in [0.717, 1.165) is 11.1 Å². The Bertz CT molecular complexity index is 1010. The Morgan fingerprint density at radius 1 is 1.18 bits per heavy atom. The Morgan fingerprint density at radius 3 is 2.39 bits per heavy atom. The maximum Gasteiger partial charge on any atom is 0.329 e. The van der Waals surface area contributed by atoms with Crippen molar-refractivity contribution < 1.29 is 4.92 Å². The summed E-state index contributed by atoms with van der Waals surface area (Å²) in [6.07, 6.45) is 2.50. The highest BCUT2D eigenvalue weighted by atomic mass is 32.2. The molecule has 2 heterocycles. The number of H-pyrrole nitrogens is 1. The minimum Gasteiger partial charge on any atom is -0.283 e. The molecule has 7 nitrogen and oxygen atoms in total. The van der Waals surface area contributed by atoms with Gasteiger partial charge in [-0.3, -0.25) is 24.5 Å². The van der Waals surface area contributed by atoms with E-state index in [4.69, 9.17) is 0 Å². The van der Waals surface area contributed by atoms with E-state index in [1.54, 1.807) is 11.3 Å². The van der Waals surface area contributed by atoms with Crippen LogP contribution in [0, 0.1) is 10.1 Å². The van der Waals surface area contributed by atoms with Crippen molar-refractivity contribution in [3.63, 3.8) is 0 Å². The topological polar surface area (TPSA) is 98.0 Å². The van der Waals surface area contributed by atoms with Gasteiger partial charge in [-0.05, 0) is 29.3 Å². The highest BCUT2D eigenvalue weighted by Crippen LogP contribution is 2.28. The molecule has 2 aromatic heterocycles. The number of nitrogens with zero attached hydrogens (tertiary/aromatic N) is 2. The molecule has 0 saturated heterocycles. The zero-order valence-electron chi connectivity index (χ0n) is 15.1. The molecule has 9 heteroatoms. The summed E-state index contributed by atoms with van der Waals surface area (Å²) in [5, 5.41) is 15.0. The van der Waals surface area contributed by atoms with Crippen LogP contribution in [0.15, 0.2) is 85.0 Å². The van der Waals surface area contributed by atoms with Crippen LogP contribution in [-0.2, 0) is 13.0 Å². The van der Waals surface area contributed by atoms with Crippen LogP contribution < -0.4 is 11.2 Å². The fraction of sp³-hybridized carbons (Fsp3) is 0.158. The fourth-order valence-electron chi connectivity index (χ4n) is 2.25. The van der Waals surface area contributed by atoms with Gasteiger partial charge in [0, 0.05) is 16.5 Å². The van der Waals surface area contributed by atoms with Crippen LogP contribution in [-0.4, -0.2) is 14.5 Å². The highest BCUT2D eigenvalue weighted by Gasteiger charge is 2.14. The average Bonchev–Trinajstić information content (AvgIpc) is 3.25. The van der Waals surface area contributed by atoms with E-state index in [1.807, 2.05) is 60.1 Å². The van der Waals surface area contributed by atoms with Crippen molar-refractivity contribution in [1.29, 1.82) is 0 Å². The molecule has 0 saturated carbocycles. The van der Waals surface area contributed by atoms with Crippen molar-refractivity contribution in [3.05, 3.63) is 102 Å². The van der Waals surface area contributed by atoms with E-state index in [1.165, 1.54) is 22.4 Å². The molecule has 146 valence electrons. The number of hydrogen-bond acceptors (Lipinski definition) is 6. The summed E-state index contributed by atoms with van der Waals surface area (Å²) < 4.78 is 1.33. The van der Waals surface area contributed by atoms with Crippen LogP contribution in [0.25, 0.3) is 0 Å². The molecule has 1 aromatic carbocycles. The normalized spacial score (nSPS) is 10.5. The molecule has 3 aromatic rings. The van der Waals surface area contributed by atoms with Crippen molar-refractivity contribution in [2.45, 2.75) is 29.8 Å². The average molecular weight is 418 g/mol. The third kappa shape index (κ3) is 6.36. The van der Waals surface area contributed by atoms with Crippen LogP contribution in [0.3, 0.4) is 0 Å². The zero-order chi connectivity index (χ0) is 20.4. The first-order chi connectivity index (χ1) is 13.5. The third-order valence-corrected chi connectivity index (χ3v) is 5.29. The van der Waals surface area contributed by atoms with Crippen molar-refractivity contribution in [2.24, 2.45) is 0 Å². The van der Waals surface area contributed by atoms with E-state index < -0.39 is 16.2 Å². The van der Waals surface area contributed by atoms with Gasteiger partial charge in [0.15, 0.2) is 0 Å². The number of aromatic nitrogens is 2. The van der Waals surface area contributed by atoms with Gasteiger partial charge in [-0.1, -0.05) is 49.0 Å². The van der Waals surface area contributed by atoms with Crippen molar-refractivity contribution in [2.75, 3.05) is 0 Å². The predicted molar refractivity (Wildman–Crippen MR) is 112 cm³/mol. The number of aromatic amines is 1. The summed E-state index contributed by atoms with van der Waals surface area (Å²) >= 11 is 3.00. The lowest BCUT2D eigenvalue weighted by Crippen LogP contribution is -2.33. The fourth-order valence-corrected chi connectivity index (χ4v) is 3.85. The van der Waals surface area contributed by atoms with Crippen molar-refractivity contribution >= 4 is 23.1 Å². The minimum absolute atomic E-state index is 0.0127.